The summed E-state index contributed by atoms with van der Waals surface area (Å²) in [5.74, 6) is -2.86. The Morgan fingerprint density at radius 1 is 1.24 bits per heavy atom. The number of aliphatic carboxylic acids is 1. The molecule has 3 rings (SSSR count). The molecule has 1 aliphatic heterocycles. The van der Waals surface area contributed by atoms with E-state index in [2.05, 4.69) is 9.97 Å². The van der Waals surface area contributed by atoms with E-state index in [1.54, 1.807) is 13.8 Å². The number of aromatic nitrogens is 2. The van der Waals surface area contributed by atoms with Crippen LogP contribution in [0.15, 0.2) is 47.1 Å². The van der Waals surface area contributed by atoms with E-state index in [0.717, 1.165) is 6.20 Å². The number of halogens is 4. The Hall–Kier alpha value is -2.71. The van der Waals surface area contributed by atoms with Gasteiger partial charge >= 0.3 is 5.97 Å². The summed E-state index contributed by atoms with van der Waals surface area (Å²) < 4.78 is 32.3. The first-order chi connectivity index (χ1) is 13.7. The van der Waals surface area contributed by atoms with Crippen LogP contribution in [-0.2, 0) is 16.1 Å². The summed E-state index contributed by atoms with van der Waals surface area (Å²) in [6, 6.07) is 0.930. The first-order valence-electron chi connectivity index (χ1n) is 8.34. The summed E-state index contributed by atoms with van der Waals surface area (Å²) >= 11 is 12.3. The zero-order valence-corrected chi connectivity index (χ0v) is 16.8. The second-order valence-corrected chi connectivity index (χ2v) is 7.07. The summed E-state index contributed by atoms with van der Waals surface area (Å²) in [7, 11) is 0. The maximum Gasteiger partial charge on any atom is 0.332 e. The molecule has 1 unspecified atom stereocenters. The van der Waals surface area contributed by atoms with Gasteiger partial charge in [0.2, 0.25) is 0 Å². The van der Waals surface area contributed by atoms with Crippen LogP contribution in [0.1, 0.15) is 18.2 Å². The van der Waals surface area contributed by atoms with Gasteiger partial charge in [0.15, 0.2) is 11.9 Å². The number of hydrogen-bond donors (Lipinski definition) is 1. The van der Waals surface area contributed by atoms with Gasteiger partial charge in [-0.15, -0.1) is 0 Å². The number of nitrogens with zero attached hydrogens (tertiary/aromatic N) is 3. The van der Waals surface area contributed by atoms with E-state index in [-0.39, 0.29) is 28.2 Å². The van der Waals surface area contributed by atoms with Crippen LogP contribution in [-0.4, -0.2) is 27.1 Å². The summed E-state index contributed by atoms with van der Waals surface area (Å²) in [6.07, 6.45) is 3.91. The zero-order chi connectivity index (χ0) is 21.3. The van der Waals surface area contributed by atoms with Crippen molar-refractivity contribution in [1.82, 2.24) is 9.97 Å². The molecule has 0 aromatic carbocycles. The number of rotatable bonds is 5. The van der Waals surface area contributed by atoms with Gasteiger partial charge in [-0.2, -0.15) is 0 Å². The molecule has 3 heterocycles. The Bertz CT molecular complexity index is 1040. The second-order valence-electron chi connectivity index (χ2n) is 6.27. The van der Waals surface area contributed by atoms with E-state index in [1.165, 1.54) is 23.2 Å². The fraction of sp³-hybridized carbons (Fsp3) is 0.211. The SMILES string of the molecule is CC1=CC(OCc2ncc(F)cc2F)=C(Cl)C(C(=O)O)N1c1cc(Cl)ncc1C. The largest absolute Gasteiger partial charge is 0.486 e. The number of carbonyl (C=O) groups is 1. The van der Waals surface area contributed by atoms with E-state index in [4.69, 9.17) is 27.9 Å². The van der Waals surface area contributed by atoms with Gasteiger partial charge < -0.3 is 14.7 Å². The quantitative estimate of drug-likeness (QED) is 0.685. The Morgan fingerprint density at radius 2 is 1.97 bits per heavy atom. The second kappa shape index (κ2) is 8.34. The van der Waals surface area contributed by atoms with Gasteiger partial charge in [-0.3, -0.25) is 4.98 Å². The van der Waals surface area contributed by atoms with Crippen molar-refractivity contribution in [2.45, 2.75) is 26.5 Å². The van der Waals surface area contributed by atoms with E-state index < -0.39 is 23.6 Å². The molecule has 29 heavy (non-hydrogen) atoms. The predicted molar refractivity (Wildman–Crippen MR) is 103 cm³/mol. The molecule has 152 valence electrons. The highest BCUT2D eigenvalue weighted by Gasteiger charge is 2.36. The van der Waals surface area contributed by atoms with Gasteiger partial charge in [0.05, 0.1) is 11.2 Å². The number of aryl methyl sites for hydroxylation is 1. The van der Waals surface area contributed by atoms with Crippen LogP contribution < -0.4 is 4.90 Å². The van der Waals surface area contributed by atoms with Crippen LogP contribution in [0, 0.1) is 18.6 Å². The highest BCUT2D eigenvalue weighted by molar-refractivity contribution is 6.33. The molecule has 0 bridgehead atoms. The molecule has 2 aromatic rings. The Balaban J connectivity index is 1.95. The summed E-state index contributed by atoms with van der Waals surface area (Å²) in [4.78, 5) is 21.1. The maximum atomic E-state index is 13.8. The van der Waals surface area contributed by atoms with E-state index in [0.29, 0.717) is 23.0 Å². The van der Waals surface area contributed by atoms with Gasteiger partial charge in [0.25, 0.3) is 0 Å². The van der Waals surface area contributed by atoms with Crippen molar-refractivity contribution < 1.29 is 23.4 Å². The average molecular weight is 442 g/mol. The van der Waals surface area contributed by atoms with Crippen molar-refractivity contribution in [3.05, 3.63) is 75.1 Å². The Labute approximate surface area is 175 Å². The number of hydrogen-bond acceptors (Lipinski definition) is 5. The number of allylic oxidation sites excluding steroid dienone is 2. The lowest BCUT2D eigenvalue weighted by molar-refractivity contribution is -0.137. The third-order valence-electron chi connectivity index (χ3n) is 4.24. The summed E-state index contributed by atoms with van der Waals surface area (Å²) in [5.41, 5.74) is 1.59. The molecule has 1 aliphatic rings. The Morgan fingerprint density at radius 3 is 2.62 bits per heavy atom. The third-order valence-corrected chi connectivity index (χ3v) is 4.84. The van der Waals surface area contributed by atoms with Crippen molar-refractivity contribution in [2.24, 2.45) is 0 Å². The van der Waals surface area contributed by atoms with E-state index in [1.807, 2.05) is 0 Å². The lowest BCUT2D eigenvalue weighted by atomic mass is 10.1. The molecule has 0 radical (unpaired) electrons. The monoisotopic (exact) mass is 441 g/mol. The molecule has 0 fully saturated rings. The molecule has 0 saturated heterocycles. The minimum absolute atomic E-state index is 0.0520. The number of anilines is 1. The fourth-order valence-electron chi connectivity index (χ4n) is 2.88. The minimum Gasteiger partial charge on any atom is -0.486 e. The first kappa shape index (κ1) is 21.0. The molecule has 6 nitrogen and oxygen atoms in total. The first-order valence-corrected chi connectivity index (χ1v) is 9.09. The van der Waals surface area contributed by atoms with E-state index >= 15 is 0 Å². The Kier molecular flexibility index (Phi) is 6.04. The lowest BCUT2D eigenvalue weighted by Crippen LogP contribution is -2.43. The van der Waals surface area contributed by atoms with Gasteiger partial charge in [-0.05, 0) is 25.5 Å². The highest BCUT2D eigenvalue weighted by atomic mass is 35.5. The van der Waals surface area contributed by atoms with Crippen molar-refractivity contribution in [3.63, 3.8) is 0 Å². The standard InChI is InChI=1S/C19H15Cl2F2N3O3/c1-9-6-25-16(20)5-14(9)26-10(2)3-15(17(21)18(26)19(27)28)29-8-13-12(23)4-11(22)7-24-13/h3-7,18H,8H2,1-2H3,(H,27,28). The van der Waals surface area contributed by atoms with Crippen LogP contribution >= 0.6 is 23.2 Å². The molecule has 0 amide bonds. The van der Waals surface area contributed by atoms with Crippen molar-refractivity contribution in [2.75, 3.05) is 4.90 Å². The zero-order valence-electron chi connectivity index (χ0n) is 15.3. The average Bonchev–Trinajstić information content (AvgIpc) is 2.64. The molecule has 2 aromatic heterocycles. The molecule has 10 heteroatoms. The molecular formula is C19H15Cl2F2N3O3. The number of ether oxygens (including phenoxy) is 1. The predicted octanol–water partition coefficient (Wildman–Crippen LogP) is 4.56. The van der Waals surface area contributed by atoms with Crippen molar-refractivity contribution >= 4 is 34.9 Å². The number of carboxylic acids is 1. The van der Waals surface area contributed by atoms with Crippen molar-refractivity contribution in [1.29, 1.82) is 0 Å². The lowest BCUT2D eigenvalue weighted by Gasteiger charge is -2.36. The topological polar surface area (TPSA) is 75.6 Å². The molecule has 1 atom stereocenters. The molecular weight excluding hydrogens is 427 g/mol. The van der Waals surface area contributed by atoms with Gasteiger partial charge in [0, 0.05) is 29.7 Å². The fourth-order valence-corrected chi connectivity index (χ4v) is 3.33. The number of carboxylic acid groups (broad SMARTS) is 1. The van der Waals surface area contributed by atoms with Crippen LogP contribution in [0.2, 0.25) is 5.15 Å². The number of pyridine rings is 2. The van der Waals surface area contributed by atoms with Gasteiger partial charge in [-0.25, -0.2) is 18.6 Å². The molecule has 0 spiro atoms. The van der Waals surface area contributed by atoms with Crippen LogP contribution in [0.5, 0.6) is 0 Å². The van der Waals surface area contributed by atoms with Gasteiger partial charge in [-0.1, -0.05) is 23.2 Å². The molecule has 0 saturated carbocycles. The van der Waals surface area contributed by atoms with Crippen molar-refractivity contribution in [3.8, 4) is 0 Å². The molecule has 1 N–H and O–H groups in total. The van der Waals surface area contributed by atoms with Crippen LogP contribution in [0.4, 0.5) is 14.5 Å². The van der Waals surface area contributed by atoms with Gasteiger partial charge in [0.1, 0.15) is 29.0 Å². The normalized spacial score (nSPS) is 16.7. The summed E-state index contributed by atoms with van der Waals surface area (Å²) in [5, 5.41) is 9.87. The highest BCUT2D eigenvalue weighted by Crippen LogP contribution is 2.36. The van der Waals surface area contributed by atoms with Crippen LogP contribution in [0.3, 0.4) is 0 Å². The minimum atomic E-state index is -1.29. The summed E-state index contributed by atoms with van der Waals surface area (Å²) in [6.45, 7) is 3.08. The molecule has 0 aliphatic carbocycles. The van der Waals surface area contributed by atoms with E-state index in [9.17, 15) is 18.7 Å². The maximum absolute atomic E-state index is 13.8. The van der Waals surface area contributed by atoms with Crippen LogP contribution in [0.25, 0.3) is 0 Å². The third kappa shape index (κ3) is 4.33. The smallest absolute Gasteiger partial charge is 0.332 e.